The molecule has 0 heterocycles. The molecular weight excluding hydrogens is 630 g/mol. The maximum absolute atomic E-state index is 12.5. The molecule has 0 saturated heterocycles. The molecule has 0 aliphatic rings. The van der Waals surface area contributed by atoms with Crippen LogP contribution in [0.15, 0.2) is 85.1 Å². The van der Waals surface area contributed by atoms with Gasteiger partial charge in [-0.05, 0) is 70.6 Å². The molecule has 0 bridgehead atoms. The van der Waals surface area contributed by atoms with Gasteiger partial charge in [0.1, 0.15) is 6.61 Å². The van der Waals surface area contributed by atoms with Crippen LogP contribution < -0.4 is 0 Å². The molecule has 50 heavy (non-hydrogen) atoms. The lowest BCUT2D eigenvalue weighted by Crippen LogP contribution is -2.50. The van der Waals surface area contributed by atoms with Gasteiger partial charge in [0.2, 0.25) is 0 Å². The Morgan fingerprint density at radius 3 is 1.60 bits per heavy atom. The van der Waals surface area contributed by atoms with Gasteiger partial charge in [0.25, 0.3) is 0 Å². The van der Waals surface area contributed by atoms with Crippen molar-refractivity contribution in [1.82, 2.24) is 0 Å². The minimum Gasteiger partial charge on any atom is -0.477 e. The lowest BCUT2D eigenvalue weighted by atomic mass is 10.1. The largest absolute Gasteiger partial charge is 0.477 e. The minimum absolute atomic E-state index is 0.0212. The van der Waals surface area contributed by atoms with Gasteiger partial charge in [0.05, 0.1) is 34.4 Å². The van der Waals surface area contributed by atoms with Gasteiger partial charge in [0.15, 0.2) is 12.1 Å². The molecule has 2 atom stereocenters. The molecule has 0 aliphatic heterocycles. The molecule has 0 aliphatic carbocycles. The second-order valence-corrected chi connectivity index (χ2v) is 13.1. The Labute approximate surface area is 303 Å². The number of likely N-dealkylation sites (N-methyl/N-ethyl adjacent to an activating group) is 1. The minimum atomic E-state index is -0.894. The van der Waals surface area contributed by atoms with Gasteiger partial charge < -0.3 is 23.8 Å². The molecular formula is C42H68NO7+. The number of unbranched alkanes of at least 4 members (excludes halogenated alkanes) is 3. The smallest absolute Gasteiger partial charge is 0.362 e. The summed E-state index contributed by atoms with van der Waals surface area (Å²) in [5.74, 6) is -1.62. The van der Waals surface area contributed by atoms with Crippen LogP contribution in [0.5, 0.6) is 0 Å². The summed E-state index contributed by atoms with van der Waals surface area (Å²) in [6.07, 6.45) is 41.0. The number of allylic oxidation sites excluding steroid dienone is 14. The fourth-order valence-electron chi connectivity index (χ4n) is 4.70. The summed E-state index contributed by atoms with van der Waals surface area (Å²) >= 11 is 0. The first-order chi connectivity index (χ1) is 24.1. The Hall–Kier alpha value is -3.49. The topological polar surface area (TPSA) is 99.1 Å². The third-order valence-electron chi connectivity index (χ3n) is 7.55. The van der Waals surface area contributed by atoms with E-state index in [4.69, 9.17) is 14.2 Å². The van der Waals surface area contributed by atoms with Crippen LogP contribution >= 0.6 is 0 Å². The third-order valence-corrected chi connectivity index (χ3v) is 7.55. The summed E-state index contributed by atoms with van der Waals surface area (Å²) in [6.45, 7) is 4.33. The molecule has 8 nitrogen and oxygen atoms in total. The highest BCUT2D eigenvalue weighted by Gasteiger charge is 2.31. The number of carboxylic acids is 1. The molecule has 282 valence electrons. The molecule has 8 heteroatoms. The predicted octanol–water partition coefficient (Wildman–Crippen LogP) is 9.40. The van der Waals surface area contributed by atoms with Crippen LogP contribution in [0.3, 0.4) is 0 Å². The number of carbonyl (C=O) groups is 3. The average Bonchev–Trinajstić information content (AvgIpc) is 3.06. The van der Waals surface area contributed by atoms with Crippen molar-refractivity contribution in [2.24, 2.45) is 0 Å². The van der Waals surface area contributed by atoms with Crippen LogP contribution in [0.2, 0.25) is 0 Å². The summed E-state index contributed by atoms with van der Waals surface area (Å²) in [6, 6.07) is -0.631. The van der Waals surface area contributed by atoms with E-state index in [0.29, 0.717) is 19.3 Å². The van der Waals surface area contributed by atoms with Gasteiger partial charge in [-0.2, -0.15) is 0 Å². The third kappa shape index (κ3) is 30.6. The van der Waals surface area contributed by atoms with E-state index in [1.54, 1.807) is 0 Å². The van der Waals surface area contributed by atoms with Crippen LogP contribution in [0, 0.1) is 0 Å². The molecule has 0 saturated carbocycles. The van der Waals surface area contributed by atoms with Crippen molar-refractivity contribution in [2.45, 2.75) is 122 Å². The first kappa shape index (κ1) is 46.5. The number of esters is 2. The summed E-state index contributed by atoms with van der Waals surface area (Å²) < 4.78 is 17.0. The van der Waals surface area contributed by atoms with E-state index in [1.807, 2.05) is 33.3 Å². The summed E-state index contributed by atoms with van der Waals surface area (Å²) in [4.78, 5) is 36.6. The van der Waals surface area contributed by atoms with Gasteiger partial charge in [-0.3, -0.25) is 9.59 Å². The molecule has 0 radical (unpaired) electrons. The normalized spacial score (nSPS) is 14.0. The Morgan fingerprint density at radius 1 is 0.600 bits per heavy atom. The number of nitrogens with zero attached hydrogens (tertiary/aromatic N) is 1. The quantitative estimate of drug-likeness (QED) is 0.0333. The molecule has 0 aromatic carbocycles. The lowest BCUT2D eigenvalue weighted by Gasteiger charge is -2.31. The van der Waals surface area contributed by atoms with Crippen LogP contribution in [-0.4, -0.2) is 80.6 Å². The van der Waals surface area contributed by atoms with Crippen molar-refractivity contribution < 1.29 is 38.2 Å². The molecule has 0 fully saturated rings. The number of carboxylic acid groups (broad SMARTS) is 1. The van der Waals surface area contributed by atoms with E-state index in [-0.39, 0.29) is 36.7 Å². The zero-order valence-electron chi connectivity index (χ0n) is 31.8. The van der Waals surface area contributed by atoms with E-state index in [1.165, 1.54) is 0 Å². The van der Waals surface area contributed by atoms with Crippen molar-refractivity contribution in [2.75, 3.05) is 41.0 Å². The number of hydrogen-bond donors (Lipinski definition) is 1. The Balaban J connectivity index is 4.43. The number of ether oxygens (including phenoxy) is 3. The van der Waals surface area contributed by atoms with E-state index in [2.05, 4.69) is 86.8 Å². The van der Waals surface area contributed by atoms with Crippen LogP contribution in [-0.2, 0) is 28.6 Å². The molecule has 0 aromatic heterocycles. The summed E-state index contributed by atoms with van der Waals surface area (Å²) in [7, 11) is 5.47. The average molecular weight is 699 g/mol. The van der Waals surface area contributed by atoms with E-state index < -0.39 is 24.1 Å². The number of aliphatic carboxylic acids is 1. The first-order valence-corrected chi connectivity index (χ1v) is 18.6. The van der Waals surface area contributed by atoms with Gasteiger partial charge in [-0.1, -0.05) is 105 Å². The van der Waals surface area contributed by atoms with Gasteiger partial charge in [-0.15, -0.1) is 0 Å². The second kappa shape index (κ2) is 32.7. The maximum Gasteiger partial charge on any atom is 0.362 e. The van der Waals surface area contributed by atoms with Crippen molar-refractivity contribution in [3.63, 3.8) is 0 Å². The number of hydrogen-bond acceptors (Lipinski definition) is 6. The number of carbonyl (C=O) groups excluding carboxylic acids is 2. The number of quaternary nitrogens is 1. The molecule has 1 N–H and O–H groups in total. The monoisotopic (exact) mass is 698 g/mol. The summed E-state index contributed by atoms with van der Waals surface area (Å²) in [5.41, 5.74) is 0. The Kier molecular flexibility index (Phi) is 30.4. The highest BCUT2D eigenvalue weighted by atomic mass is 16.6. The summed E-state index contributed by atoms with van der Waals surface area (Å²) in [5, 5.41) is 9.55. The molecule has 0 spiro atoms. The van der Waals surface area contributed by atoms with Crippen molar-refractivity contribution in [1.29, 1.82) is 0 Å². The van der Waals surface area contributed by atoms with E-state index >= 15 is 0 Å². The Bertz CT molecular complexity index is 1090. The van der Waals surface area contributed by atoms with Crippen LogP contribution in [0.4, 0.5) is 0 Å². The van der Waals surface area contributed by atoms with E-state index in [9.17, 15) is 19.5 Å². The van der Waals surface area contributed by atoms with Crippen LogP contribution in [0.25, 0.3) is 0 Å². The highest BCUT2D eigenvalue weighted by Crippen LogP contribution is 2.10. The molecule has 0 aromatic rings. The van der Waals surface area contributed by atoms with Crippen molar-refractivity contribution in [3.05, 3.63) is 85.1 Å². The molecule has 2 unspecified atom stereocenters. The number of rotatable bonds is 31. The van der Waals surface area contributed by atoms with Crippen molar-refractivity contribution in [3.8, 4) is 0 Å². The standard InChI is InChI=1S/C42H67NO7/c1-6-8-10-12-14-15-16-17-18-19-20-21-22-23-24-25-27-28-30-32-40(44)49-37-38(36-48-35-34-39(42(46)47)43(3,4)5)50-41(45)33-31-29-26-13-11-9-7-2/h8-11,14-15,17-18,20-21,23-24,26,29,38-39H,6-7,12-13,16,19,22,25,27-28,30-37H2,1-5H3/p+1/b10-8+,11-9+,15-14+,18-17+,21-20+,24-23+,29-26+. The zero-order valence-corrected chi connectivity index (χ0v) is 31.8. The fraction of sp³-hybridized carbons (Fsp3) is 0.595. The Morgan fingerprint density at radius 2 is 1.10 bits per heavy atom. The lowest BCUT2D eigenvalue weighted by molar-refractivity contribution is -0.887. The van der Waals surface area contributed by atoms with Crippen LogP contribution in [0.1, 0.15) is 110 Å². The van der Waals surface area contributed by atoms with E-state index in [0.717, 1.165) is 70.6 Å². The first-order valence-electron chi connectivity index (χ1n) is 18.6. The molecule has 0 amide bonds. The SMILES string of the molecule is CC/C=C/C/C=C/C/C=C/C/C=C/C/C=C/CCCCCC(=O)OCC(COCCC(C(=O)O)[N+](C)(C)C)OC(=O)CC/C=C/C/C=C/CC. The second-order valence-electron chi connectivity index (χ2n) is 13.1. The zero-order chi connectivity index (χ0) is 37.1. The van der Waals surface area contributed by atoms with Crippen molar-refractivity contribution >= 4 is 17.9 Å². The predicted molar refractivity (Wildman–Crippen MR) is 206 cm³/mol. The highest BCUT2D eigenvalue weighted by molar-refractivity contribution is 5.72. The fourth-order valence-corrected chi connectivity index (χ4v) is 4.70. The molecule has 0 rings (SSSR count). The van der Waals surface area contributed by atoms with Gasteiger partial charge >= 0.3 is 17.9 Å². The maximum atomic E-state index is 12.5. The van der Waals surface area contributed by atoms with Gasteiger partial charge in [0, 0.05) is 19.3 Å². The van der Waals surface area contributed by atoms with Gasteiger partial charge in [-0.25, -0.2) is 4.79 Å².